The first-order valence-corrected chi connectivity index (χ1v) is 7.36. The number of rotatable bonds is 4. The molecule has 124 valence electrons. The van der Waals surface area contributed by atoms with Gasteiger partial charge in [-0.2, -0.15) is 10.4 Å². The summed E-state index contributed by atoms with van der Waals surface area (Å²) < 4.78 is 0.918. The average molecular weight is 326 g/mol. The summed E-state index contributed by atoms with van der Waals surface area (Å²) in [5.74, 6) is -0.473. The third kappa shape index (κ3) is 3.34. The Morgan fingerprint density at radius 3 is 2.33 bits per heavy atom. The second-order valence-electron chi connectivity index (χ2n) is 5.51. The number of azo groups is 1. The number of nitriles is 1. The van der Waals surface area contributed by atoms with Crippen LogP contribution in [0.1, 0.15) is 22.3 Å². The molecule has 0 atom stereocenters. The van der Waals surface area contributed by atoms with Crippen molar-refractivity contribution in [3.63, 3.8) is 0 Å². The number of benzene rings is 1. The quantitative estimate of drug-likeness (QED) is 0.841. The molecule has 0 saturated carbocycles. The van der Waals surface area contributed by atoms with Gasteiger partial charge in [0.25, 0.3) is 5.56 Å². The molecule has 0 radical (unpaired) electrons. The van der Waals surface area contributed by atoms with Gasteiger partial charge in [-0.25, -0.2) is 0 Å². The van der Waals surface area contributed by atoms with Crippen molar-refractivity contribution < 1.29 is 10.2 Å². The third-order valence-corrected chi connectivity index (χ3v) is 3.56. The highest BCUT2D eigenvalue weighted by molar-refractivity contribution is 5.57. The highest BCUT2D eigenvalue weighted by Gasteiger charge is 2.18. The average Bonchev–Trinajstić information content (AvgIpc) is 2.51. The van der Waals surface area contributed by atoms with E-state index in [2.05, 4.69) is 10.2 Å². The van der Waals surface area contributed by atoms with Gasteiger partial charge in [0, 0.05) is 5.56 Å². The lowest BCUT2D eigenvalue weighted by atomic mass is 10.1. The van der Waals surface area contributed by atoms with Gasteiger partial charge < -0.3 is 10.2 Å². The van der Waals surface area contributed by atoms with Crippen molar-refractivity contribution in [1.29, 1.82) is 5.26 Å². The first-order valence-electron chi connectivity index (χ1n) is 7.36. The number of aromatic hydroxyl groups is 1. The van der Waals surface area contributed by atoms with Crippen LogP contribution in [0.25, 0.3) is 0 Å². The molecule has 0 spiro atoms. The van der Waals surface area contributed by atoms with Gasteiger partial charge >= 0.3 is 0 Å². The Morgan fingerprint density at radius 1 is 1.17 bits per heavy atom. The maximum absolute atomic E-state index is 12.5. The lowest BCUT2D eigenvalue weighted by Gasteiger charge is -2.11. The molecule has 0 bridgehead atoms. The van der Waals surface area contributed by atoms with E-state index in [1.165, 1.54) is 6.92 Å². The van der Waals surface area contributed by atoms with Crippen molar-refractivity contribution in [2.45, 2.75) is 27.3 Å². The molecule has 0 unspecified atom stereocenters. The maximum atomic E-state index is 12.5. The van der Waals surface area contributed by atoms with Gasteiger partial charge in [0.15, 0.2) is 5.69 Å². The molecule has 1 aromatic heterocycles. The van der Waals surface area contributed by atoms with Gasteiger partial charge in [-0.15, -0.1) is 5.11 Å². The largest absolute Gasteiger partial charge is 0.493 e. The van der Waals surface area contributed by atoms with Gasteiger partial charge in [-0.1, -0.05) is 6.07 Å². The number of aliphatic hydroxyl groups excluding tert-OH is 1. The van der Waals surface area contributed by atoms with Crippen molar-refractivity contribution in [1.82, 2.24) is 4.57 Å². The van der Waals surface area contributed by atoms with Crippen LogP contribution in [0.4, 0.5) is 11.4 Å². The smallest absolute Gasteiger partial charge is 0.281 e. The molecule has 0 aliphatic rings. The highest BCUT2D eigenvalue weighted by Crippen LogP contribution is 2.27. The van der Waals surface area contributed by atoms with E-state index in [-0.39, 0.29) is 30.0 Å². The molecule has 2 N–H and O–H groups in total. The van der Waals surface area contributed by atoms with E-state index in [9.17, 15) is 15.2 Å². The van der Waals surface area contributed by atoms with Crippen molar-refractivity contribution in [2.75, 3.05) is 6.61 Å². The third-order valence-electron chi connectivity index (χ3n) is 3.56. The van der Waals surface area contributed by atoms with Crippen LogP contribution in [0.5, 0.6) is 5.88 Å². The van der Waals surface area contributed by atoms with Gasteiger partial charge in [0.1, 0.15) is 11.6 Å². The Morgan fingerprint density at radius 2 is 1.79 bits per heavy atom. The molecule has 0 amide bonds. The number of aliphatic hydroxyl groups is 1. The molecule has 1 aromatic carbocycles. The summed E-state index contributed by atoms with van der Waals surface area (Å²) in [5.41, 5.74) is 2.18. The normalized spacial score (nSPS) is 11.0. The molecule has 0 aliphatic carbocycles. The highest BCUT2D eigenvalue weighted by atomic mass is 16.3. The molecule has 24 heavy (non-hydrogen) atoms. The second-order valence-corrected chi connectivity index (χ2v) is 5.51. The van der Waals surface area contributed by atoms with E-state index in [1.54, 1.807) is 0 Å². The Balaban J connectivity index is 2.61. The Labute approximate surface area is 139 Å². The van der Waals surface area contributed by atoms with Gasteiger partial charge in [-0.3, -0.25) is 9.36 Å². The maximum Gasteiger partial charge on any atom is 0.281 e. The van der Waals surface area contributed by atoms with E-state index >= 15 is 0 Å². The Kier molecular flexibility index (Phi) is 5.11. The first-order chi connectivity index (χ1) is 11.4. The molecule has 0 fully saturated rings. The standard InChI is InChI=1S/C17H18N4O3/c1-10-6-11(2)8-13(7-10)19-20-15-12(3)14(9-18)16(23)21(4-5-22)17(15)24/h6-8,22-23H,4-5H2,1-3H3. The summed E-state index contributed by atoms with van der Waals surface area (Å²) in [6.07, 6.45) is 0. The van der Waals surface area contributed by atoms with Crippen molar-refractivity contribution >= 4 is 11.4 Å². The monoisotopic (exact) mass is 326 g/mol. The summed E-state index contributed by atoms with van der Waals surface area (Å²) in [5, 5.41) is 36.4. The molecule has 2 aromatic rings. The van der Waals surface area contributed by atoms with Gasteiger partial charge in [-0.05, 0) is 44.0 Å². The van der Waals surface area contributed by atoms with E-state index < -0.39 is 11.4 Å². The summed E-state index contributed by atoms with van der Waals surface area (Å²) in [6.45, 7) is 4.90. The SMILES string of the molecule is Cc1cc(C)cc(N=Nc2c(C)c(C#N)c(O)n(CCO)c2=O)c1. The van der Waals surface area contributed by atoms with E-state index in [0.717, 1.165) is 15.7 Å². The minimum absolute atomic E-state index is 0.0306. The molecular weight excluding hydrogens is 308 g/mol. The molecule has 1 heterocycles. The van der Waals surface area contributed by atoms with Gasteiger partial charge in [0.05, 0.1) is 18.8 Å². The van der Waals surface area contributed by atoms with Crippen LogP contribution in [0.2, 0.25) is 0 Å². The summed E-state index contributed by atoms with van der Waals surface area (Å²) in [6, 6.07) is 7.49. The minimum Gasteiger partial charge on any atom is -0.493 e. The van der Waals surface area contributed by atoms with Crippen LogP contribution in [-0.4, -0.2) is 21.4 Å². The fourth-order valence-corrected chi connectivity index (χ4v) is 2.48. The van der Waals surface area contributed by atoms with Crippen LogP contribution in [0.3, 0.4) is 0 Å². The second kappa shape index (κ2) is 7.06. The number of aromatic nitrogens is 1. The Hall–Kier alpha value is -2.98. The number of aryl methyl sites for hydroxylation is 2. The fourth-order valence-electron chi connectivity index (χ4n) is 2.48. The zero-order valence-corrected chi connectivity index (χ0v) is 13.7. The van der Waals surface area contributed by atoms with Crippen LogP contribution in [-0.2, 0) is 6.54 Å². The number of hydrogen-bond donors (Lipinski definition) is 2. The summed E-state index contributed by atoms with van der Waals surface area (Å²) >= 11 is 0. The van der Waals surface area contributed by atoms with E-state index in [0.29, 0.717) is 5.69 Å². The topological polar surface area (TPSA) is 111 Å². The van der Waals surface area contributed by atoms with Gasteiger partial charge in [0.2, 0.25) is 5.88 Å². The summed E-state index contributed by atoms with van der Waals surface area (Å²) in [7, 11) is 0. The lowest BCUT2D eigenvalue weighted by molar-refractivity contribution is 0.263. The molecule has 7 heteroatoms. The molecule has 0 saturated heterocycles. The van der Waals surface area contributed by atoms with Crippen molar-refractivity contribution in [3.8, 4) is 11.9 Å². The van der Waals surface area contributed by atoms with Crippen molar-refractivity contribution in [3.05, 3.63) is 50.8 Å². The molecule has 0 aliphatic heterocycles. The predicted octanol–water partition coefficient (Wildman–Crippen LogP) is 2.76. The molecule has 2 rings (SSSR count). The fraction of sp³-hybridized carbons (Fsp3) is 0.294. The van der Waals surface area contributed by atoms with E-state index in [4.69, 9.17) is 5.11 Å². The number of pyridine rings is 1. The van der Waals surface area contributed by atoms with E-state index in [1.807, 2.05) is 38.1 Å². The zero-order valence-electron chi connectivity index (χ0n) is 13.7. The van der Waals surface area contributed by atoms with Crippen LogP contribution >= 0.6 is 0 Å². The molecular formula is C17H18N4O3. The summed E-state index contributed by atoms with van der Waals surface area (Å²) in [4.78, 5) is 12.5. The Bertz CT molecular complexity index is 887. The predicted molar refractivity (Wildman–Crippen MR) is 89.0 cm³/mol. The first kappa shape index (κ1) is 17.4. The van der Waals surface area contributed by atoms with Crippen molar-refractivity contribution in [2.24, 2.45) is 10.2 Å². The number of hydrogen-bond acceptors (Lipinski definition) is 6. The van der Waals surface area contributed by atoms with Crippen LogP contribution in [0, 0.1) is 32.1 Å². The minimum atomic E-state index is -0.605. The molecule has 7 nitrogen and oxygen atoms in total. The van der Waals surface area contributed by atoms with Crippen LogP contribution in [0.15, 0.2) is 33.2 Å². The number of nitrogens with zero attached hydrogens (tertiary/aromatic N) is 4. The zero-order chi connectivity index (χ0) is 17.9. The lowest BCUT2D eigenvalue weighted by Crippen LogP contribution is -2.23. The van der Waals surface area contributed by atoms with Crippen LogP contribution < -0.4 is 5.56 Å².